The van der Waals surface area contributed by atoms with Gasteiger partial charge in [-0.25, -0.2) is 0 Å². The molecule has 1 saturated heterocycles. The SMILES string of the molecule is CC1O[C@@H](O)C(OCc2ccccc2)[C@@H](OCc2ccccc2)[C@@H]1OCc1ccccc1. The molecule has 1 aliphatic heterocycles. The van der Waals surface area contributed by atoms with Gasteiger partial charge in [0.2, 0.25) is 0 Å². The van der Waals surface area contributed by atoms with Crippen LogP contribution in [0.2, 0.25) is 0 Å². The average Bonchev–Trinajstić information content (AvgIpc) is 2.83. The highest BCUT2D eigenvalue weighted by molar-refractivity contribution is 5.15. The lowest BCUT2D eigenvalue weighted by Gasteiger charge is -2.43. The zero-order valence-corrected chi connectivity index (χ0v) is 18.2. The van der Waals surface area contributed by atoms with E-state index in [-0.39, 0.29) is 6.10 Å². The summed E-state index contributed by atoms with van der Waals surface area (Å²) in [7, 11) is 0. The van der Waals surface area contributed by atoms with E-state index in [4.69, 9.17) is 18.9 Å². The van der Waals surface area contributed by atoms with Gasteiger partial charge in [-0.15, -0.1) is 0 Å². The maximum Gasteiger partial charge on any atom is 0.184 e. The number of ether oxygens (including phenoxy) is 4. The third-order valence-corrected chi connectivity index (χ3v) is 5.60. The largest absolute Gasteiger partial charge is 0.368 e. The number of hydrogen-bond acceptors (Lipinski definition) is 5. The summed E-state index contributed by atoms with van der Waals surface area (Å²) in [6, 6.07) is 29.8. The van der Waals surface area contributed by atoms with Gasteiger partial charge in [0.1, 0.15) is 18.3 Å². The van der Waals surface area contributed by atoms with Crippen LogP contribution >= 0.6 is 0 Å². The Hall–Kier alpha value is -2.54. The number of aliphatic hydroxyl groups excluding tert-OH is 1. The number of hydrogen-bond donors (Lipinski definition) is 1. The van der Waals surface area contributed by atoms with E-state index in [0.717, 1.165) is 16.7 Å². The summed E-state index contributed by atoms with van der Waals surface area (Å²) >= 11 is 0. The lowest BCUT2D eigenvalue weighted by Crippen LogP contribution is -2.59. The van der Waals surface area contributed by atoms with Crippen molar-refractivity contribution in [1.29, 1.82) is 0 Å². The van der Waals surface area contributed by atoms with Crippen molar-refractivity contribution >= 4 is 0 Å². The van der Waals surface area contributed by atoms with Crippen LogP contribution in [0.4, 0.5) is 0 Å². The lowest BCUT2D eigenvalue weighted by molar-refractivity contribution is -0.308. The van der Waals surface area contributed by atoms with Gasteiger partial charge in [-0.1, -0.05) is 91.0 Å². The van der Waals surface area contributed by atoms with Crippen LogP contribution < -0.4 is 0 Å². The molecule has 0 radical (unpaired) electrons. The van der Waals surface area contributed by atoms with Crippen LogP contribution in [0.5, 0.6) is 0 Å². The first kappa shape index (κ1) is 22.6. The molecule has 2 unspecified atom stereocenters. The molecule has 0 saturated carbocycles. The Morgan fingerprint density at radius 2 is 0.969 bits per heavy atom. The van der Waals surface area contributed by atoms with Gasteiger partial charge >= 0.3 is 0 Å². The van der Waals surface area contributed by atoms with Gasteiger partial charge < -0.3 is 24.1 Å². The van der Waals surface area contributed by atoms with E-state index in [9.17, 15) is 5.11 Å². The quantitative estimate of drug-likeness (QED) is 0.538. The van der Waals surface area contributed by atoms with Crippen LogP contribution in [0, 0.1) is 0 Å². The van der Waals surface area contributed by atoms with Crippen molar-refractivity contribution in [3.05, 3.63) is 108 Å². The van der Waals surface area contributed by atoms with Crippen LogP contribution in [-0.2, 0) is 38.8 Å². The van der Waals surface area contributed by atoms with Crippen molar-refractivity contribution < 1.29 is 24.1 Å². The van der Waals surface area contributed by atoms with Crippen molar-refractivity contribution in [2.45, 2.75) is 57.5 Å². The minimum Gasteiger partial charge on any atom is -0.368 e. The predicted octanol–water partition coefficient (Wildman–Crippen LogP) is 4.48. The lowest BCUT2D eigenvalue weighted by atomic mass is 9.98. The van der Waals surface area contributed by atoms with Gasteiger partial charge in [-0.3, -0.25) is 0 Å². The Morgan fingerprint density at radius 3 is 1.41 bits per heavy atom. The van der Waals surface area contributed by atoms with Crippen molar-refractivity contribution in [3.8, 4) is 0 Å². The maximum absolute atomic E-state index is 10.7. The molecule has 0 amide bonds. The summed E-state index contributed by atoms with van der Waals surface area (Å²) in [6.45, 7) is 3.05. The molecule has 5 atom stereocenters. The Bertz CT molecular complexity index is 863. The van der Waals surface area contributed by atoms with Crippen molar-refractivity contribution in [1.82, 2.24) is 0 Å². The van der Waals surface area contributed by atoms with Crippen molar-refractivity contribution in [2.24, 2.45) is 0 Å². The molecule has 3 aromatic rings. The standard InChI is InChI=1S/C27H30O5/c1-20-24(29-17-21-11-5-2-6-12-21)25(30-18-22-13-7-3-8-14-22)26(27(28)32-20)31-19-23-15-9-4-10-16-23/h2-16,20,24-28H,17-19H2,1H3/t20?,24-,25+,26?,27-/m1/s1. The third kappa shape index (κ3) is 6.03. The number of benzene rings is 3. The minimum absolute atomic E-state index is 0.344. The Balaban J connectivity index is 1.50. The molecule has 0 aliphatic carbocycles. The average molecular weight is 435 g/mol. The molecule has 5 nitrogen and oxygen atoms in total. The summed E-state index contributed by atoms with van der Waals surface area (Å²) < 4.78 is 24.5. The normalized spacial score (nSPS) is 25.5. The van der Waals surface area contributed by atoms with E-state index < -0.39 is 24.6 Å². The minimum atomic E-state index is -1.11. The Kier molecular flexibility index (Phi) is 8.04. The molecule has 168 valence electrons. The van der Waals surface area contributed by atoms with E-state index in [0.29, 0.717) is 19.8 Å². The van der Waals surface area contributed by atoms with E-state index in [1.54, 1.807) is 0 Å². The third-order valence-electron chi connectivity index (χ3n) is 5.60. The van der Waals surface area contributed by atoms with Gasteiger partial charge in [0.15, 0.2) is 6.29 Å². The molecule has 3 aromatic carbocycles. The van der Waals surface area contributed by atoms with Crippen molar-refractivity contribution in [2.75, 3.05) is 0 Å². The summed E-state index contributed by atoms with van der Waals surface area (Å²) in [4.78, 5) is 0. The van der Waals surface area contributed by atoms with E-state index in [1.807, 2.05) is 97.9 Å². The Labute approximate surface area is 189 Å². The van der Waals surface area contributed by atoms with Gasteiger partial charge in [0.05, 0.1) is 25.9 Å². The molecule has 5 heteroatoms. The zero-order valence-electron chi connectivity index (χ0n) is 18.2. The molecule has 32 heavy (non-hydrogen) atoms. The summed E-state index contributed by atoms with van der Waals surface area (Å²) in [5, 5.41) is 10.7. The topological polar surface area (TPSA) is 57.2 Å². The highest BCUT2D eigenvalue weighted by atomic mass is 16.7. The van der Waals surface area contributed by atoms with Gasteiger partial charge in [0, 0.05) is 0 Å². The first-order valence-electron chi connectivity index (χ1n) is 11.0. The van der Waals surface area contributed by atoms with Crippen molar-refractivity contribution in [3.63, 3.8) is 0 Å². The Morgan fingerprint density at radius 1 is 0.594 bits per heavy atom. The number of rotatable bonds is 9. The molecule has 1 heterocycles. The zero-order chi connectivity index (χ0) is 22.2. The summed E-state index contributed by atoms with van der Waals surface area (Å²) in [5.74, 6) is 0. The first-order chi connectivity index (χ1) is 15.7. The van der Waals surface area contributed by atoms with E-state index in [1.165, 1.54) is 0 Å². The fraction of sp³-hybridized carbons (Fsp3) is 0.333. The molecule has 1 fully saturated rings. The predicted molar refractivity (Wildman–Crippen MR) is 122 cm³/mol. The molecule has 0 bridgehead atoms. The van der Waals surface area contributed by atoms with E-state index >= 15 is 0 Å². The monoisotopic (exact) mass is 434 g/mol. The number of aliphatic hydroxyl groups is 1. The van der Waals surface area contributed by atoms with Crippen LogP contribution in [0.25, 0.3) is 0 Å². The molecular weight excluding hydrogens is 404 g/mol. The molecule has 1 aliphatic rings. The molecule has 1 N–H and O–H groups in total. The highest BCUT2D eigenvalue weighted by Gasteiger charge is 2.46. The highest BCUT2D eigenvalue weighted by Crippen LogP contribution is 2.29. The maximum atomic E-state index is 10.7. The summed E-state index contributed by atoms with van der Waals surface area (Å²) in [6.07, 6.45) is -3.04. The van der Waals surface area contributed by atoms with Crippen LogP contribution in [0.15, 0.2) is 91.0 Å². The van der Waals surface area contributed by atoms with Crippen LogP contribution in [0.1, 0.15) is 23.6 Å². The second kappa shape index (κ2) is 11.4. The fourth-order valence-electron chi connectivity index (χ4n) is 3.89. The fourth-order valence-corrected chi connectivity index (χ4v) is 3.89. The summed E-state index contributed by atoms with van der Waals surface area (Å²) in [5.41, 5.74) is 3.13. The molecule has 0 aromatic heterocycles. The first-order valence-corrected chi connectivity index (χ1v) is 11.0. The molecular formula is C27H30O5. The van der Waals surface area contributed by atoms with Gasteiger partial charge in [0.25, 0.3) is 0 Å². The second-order valence-electron chi connectivity index (χ2n) is 8.02. The smallest absolute Gasteiger partial charge is 0.184 e. The molecule has 0 spiro atoms. The van der Waals surface area contributed by atoms with E-state index in [2.05, 4.69) is 0 Å². The second-order valence-corrected chi connectivity index (χ2v) is 8.02. The molecule has 4 rings (SSSR count). The van der Waals surface area contributed by atoms with Crippen LogP contribution in [-0.4, -0.2) is 35.8 Å². The van der Waals surface area contributed by atoms with Gasteiger partial charge in [-0.05, 0) is 23.6 Å². The van der Waals surface area contributed by atoms with Gasteiger partial charge in [-0.2, -0.15) is 0 Å². The van der Waals surface area contributed by atoms with Crippen LogP contribution in [0.3, 0.4) is 0 Å².